The third-order valence-electron chi connectivity index (χ3n) is 3.02. The maximum absolute atomic E-state index is 5.97. The Bertz CT molecular complexity index is 767. The zero-order chi connectivity index (χ0) is 14.1. The Kier molecular flexibility index (Phi) is 3.63. The highest BCUT2D eigenvalue weighted by atomic mass is 79.9. The monoisotopic (exact) mass is 391 g/mol. The molecule has 0 amide bonds. The van der Waals surface area contributed by atoms with Crippen molar-refractivity contribution >= 4 is 59.8 Å². The summed E-state index contributed by atoms with van der Waals surface area (Å²) in [7, 11) is 0. The van der Waals surface area contributed by atoms with Gasteiger partial charge in [-0.15, -0.1) is 0 Å². The van der Waals surface area contributed by atoms with Crippen LogP contribution in [0, 0.1) is 0 Å². The number of nitrogens with two attached hydrogens (primary N) is 1. The Balaban J connectivity index is 2.14. The van der Waals surface area contributed by atoms with Crippen LogP contribution in [-0.4, -0.2) is 4.98 Å². The largest absolute Gasteiger partial charge is 0.397 e. The second-order valence-corrected chi connectivity index (χ2v) is 6.03. The minimum atomic E-state index is 0.678. The van der Waals surface area contributed by atoms with Crippen LogP contribution in [0.25, 0.3) is 10.9 Å². The van der Waals surface area contributed by atoms with Crippen LogP contribution in [-0.2, 0) is 0 Å². The summed E-state index contributed by atoms with van der Waals surface area (Å²) in [5.41, 5.74) is 9.40. The normalized spacial score (nSPS) is 10.7. The minimum absolute atomic E-state index is 0.678. The number of halogens is 2. The lowest BCUT2D eigenvalue weighted by molar-refractivity contribution is 1.40. The Hall–Kier alpha value is -1.59. The van der Waals surface area contributed by atoms with Gasteiger partial charge in [0.15, 0.2) is 0 Å². The average Bonchev–Trinajstić information content (AvgIpc) is 2.44. The number of pyridine rings is 1. The quantitative estimate of drug-likeness (QED) is 0.597. The molecule has 3 N–H and O–H groups in total. The van der Waals surface area contributed by atoms with Gasteiger partial charge in [0.05, 0.1) is 16.9 Å². The third kappa shape index (κ3) is 2.39. The zero-order valence-electron chi connectivity index (χ0n) is 10.4. The van der Waals surface area contributed by atoms with Gasteiger partial charge >= 0.3 is 0 Å². The maximum Gasteiger partial charge on any atom is 0.0951 e. The molecule has 3 aromatic rings. The number of nitrogen functional groups attached to an aromatic ring is 1. The first kappa shape index (κ1) is 13.4. The van der Waals surface area contributed by atoms with Crippen LogP contribution >= 0.6 is 31.9 Å². The SMILES string of the molecule is Nc1cccc2c(Nc3c(Br)cccc3Br)ccnc12. The molecule has 0 bridgehead atoms. The van der Waals surface area contributed by atoms with E-state index in [0.717, 1.165) is 31.2 Å². The molecular weight excluding hydrogens is 382 g/mol. The number of fused-ring (bicyclic) bond motifs is 1. The second-order valence-electron chi connectivity index (χ2n) is 4.32. The average molecular weight is 393 g/mol. The van der Waals surface area contributed by atoms with E-state index in [1.165, 1.54) is 0 Å². The smallest absolute Gasteiger partial charge is 0.0951 e. The molecule has 1 heterocycles. The number of benzene rings is 2. The molecular formula is C15H11Br2N3. The van der Waals surface area contributed by atoms with Crippen molar-refractivity contribution in [3.63, 3.8) is 0 Å². The fourth-order valence-corrected chi connectivity index (χ4v) is 3.26. The summed E-state index contributed by atoms with van der Waals surface area (Å²) < 4.78 is 1.97. The highest BCUT2D eigenvalue weighted by molar-refractivity contribution is 9.11. The summed E-state index contributed by atoms with van der Waals surface area (Å²) in [6.45, 7) is 0. The lowest BCUT2D eigenvalue weighted by Crippen LogP contribution is -1.96. The molecule has 0 unspecified atom stereocenters. The maximum atomic E-state index is 5.97. The Labute approximate surface area is 133 Å². The molecule has 0 aliphatic heterocycles. The van der Waals surface area contributed by atoms with Gasteiger partial charge in [-0.25, -0.2) is 0 Å². The van der Waals surface area contributed by atoms with Crippen LogP contribution < -0.4 is 11.1 Å². The molecule has 0 atom stereocenters. The molecule has 0 saturated heterocycles. The number of para-hydroxylation sites is 2. The van der Waals surface area contributed by atoms with Crippen LogP contribution in [0.4, 0.5) is 17.1 Å². The van der Waals surface area contributed by atoms with Gasteiger partial charge in [-0.2, -0.15) is 0 Å². The first-order valence-electron chi connectivity index (χ1n) is 6.01. The van der Waals surface area contributed by atoms with Gasteiger partial charge < -0.3 is 11.1 Å². The summed E-state index contributed by atoms with van der Waals surface area (Å²) in [5, 5.41) is 4.42. The number of anilines is 3. The van der Waals surface area contributed by atoms with E-state index < -0.39 is 0 Å². The van der Waals surface area contributed by atoms with E-state index in [1.807, 2.05) is 42.5 Å². The molecule has 0 fully saturated rings. The van der Waals surface area contributed by atoms with E-state index in [-0.39, 0.29) is 0 Å². The van der Waals surface area contributed by atoms with Crippen molar-refractivity contribution in [3.8, 4) is 0 Å². The van der Waals surface area contributed by atoms with Crippen LogP contribution in [0.5, 0.6) is 0 Å². The molecule has 0 radical (unpaired) electrons. The van der Waals surface area contributed by atoms with Crippen LogP contribution in [0.1, 0.15) is 0 Å². The van der Waals surface area contributed by atoms with Crippen molar-refractivity contribution in [1.29, 1.82) is 0 Å². The van der Waals surface area contributed by atoms with Crippen molar-refractivity contribution < 1.29 is 0 Å². The predicted molar refractivity (Wildman–Crippen MR) is 91.3 cm³/mol. The molecule has 1 aromatic heterocycles. The molecule has 0 spiro atoms. The van der Waals surface area contributed by atoms with Crippen molar-refractivity contribution in [2.24, 2.45) is 0 Å². The summed E-state index contributed by atoms with van der Waals surface area (Å²) in [5.74, 6) is 0. The van der Waals surface area contributed by atoms with Gasteiger partial charge in [0, 0.05) is 26.2 Å². The van der Waals surface area contributed by atoms with Gasteiger partial charge in [-0.3, -0.25) is 4.98 Å². The lowest BCUT2D eigenvalue weighted by atomic mass is 10.1. The van der Waals surface area contributed by atoms with Gasteiger partial charge in [0.1, 0.15) is 0 Å². The molecule has 3 rings (SSSR count). The van der Waals surface area contributed by atoms with E-state index in [0.29, 0.717) is 5.69 Å². The molecule has 0 aliphatic carbocycles. The van der Waals surface area contributed by atoms with E-state index in [4.69, 9.17) is 5.73 Å². The number of nitrogens with one attached hydrogen (secondary N) is 1. The van der Waals surface area contributed by atoms with Gasteiger partial charge in [-0.1, -0.05) is 18.2 Å². The molecule has 5 heteroatoms. The molecule has 0 saturated carbocycles. The zero-order valence-corrected chi connectivity index (χ0v) is 13.6. The summed E-state index contributed by atoms with van der Waals surface area (Å²) in [6, 6.07) is 13.7. The van der Waals surface area contributed by atoms with Crippen LogP contribution in [0.2, 0.25) is 0 Å². The van der Waals surface area contributed by atoms with Crippen molar-refractivity contribution in [2.75, 3.05) is 11.1 Å². The Morgan fingerprint density at radius 1 is 0.950 bits per heavy atom. The standard InChI is InChI=1S/C15H11Br2N3/c16-10-4-2-5-11(17)15(10)20-13-7-8-19-14-9(13)3-1-6-12(14)18/h1-8H,18H2,(H,19,20). The fourth-order valence-electron chi connectivity index (χ4n) is 2.06. The lowest BCUT2D eigenvalue weighted by Gasteiger charge is -2.13. The molecule has 3 nitrogen and oxygen atoms in total. The third-order valence-corrected chi connectivity index (χ3v) is 4.35. The second kappa shape index (κ2) is 5.42. The predicted octanol–water partition coefficient (Wildman–Crippen LogP) is 5.09. The minimum Gasteiger partial charge on any atom is -0.397 e. The number of aromatic nitrogens is 1. The van der Waals surface area contributed by atoms with Crippen molar-refractivity contribution in [3.05, 3.63) is 57.6 Å². The highest BCUT2D eigenvalue weighted by Gasteiger charge is 2.08. The first-order valence-corrected chi connectivity index (χ1v) is 7.59. The molecule has 100 valence electrons. The van der Waals surface area contributed by atoms with Crippen LogP contribution in [0.15, 0.2) is 57.6 Å². The number of rotatable bonds is 2. The molecule has 2 aromatic carbocycles. The molecule has 20 heavy (non-hydrogen) atoms. The summed E-state index contributed by atoms with van der Waals surface area (Å²) >= 11 is 7.10. The van der Waals surface area contributed by atoms with E-state index >= 15 is 0 Å². The van der Waals surface area contributed by atoms with Crippen LogP contribution in [0.3, 0.4) is 0 Å². The van der Waals surface area contributed by atoms with E-state index in [9.17, 15) is 0 Å². The number of nitrogens with zero attached hydrogens (tertiary/aromatic N) is 1. The fraction of sp³-hybridized carbons (Fsp3) is 0. The number of hydrogen-bond acceptors (Lipinski definition) is 3. The van der Waals surface area contributed by atoms with Crippen molar-refractivity contribution in [1.82, 2.24) is 4.98 Å². The Morgan fingerprint density at radius 3 is 2.40 bits per heavy atom. The van der Waals surface area contributed by atoms with Gasteiger partial charge in [0.25, 0.3) is 0 Å². The van der Waals surface area contributed by atoms with E-state index in [1.54, 1.807) is 6.20 Å². The highest BCUT2D eigenvalue weighted by Crippen LogP contribution is 2.35. The molecule has 0 aliphatic rings. The summed E-state index contributed by atoms with van der Waals surface area (Å²) in [4.78, 5) is 4.34. The van der Waals surface area contributed by atoms with Crippen molar-refractivity contribution in [2.45, 2.75) is 0 Å². The van der Waals surface area contributed by atoms with Gasteiger partial charge in [-0.05, 0) is 56.1 Å². The van der Waals surface area contributed by atoms with Gasteiger partial charge in [0.2, 0.25) is 0 Å². The summed E-state index contributed by atoms with van der Waals surface area (Å²) in [6.07, 6.45) is 1.76. The van der Waals surface area contributed by atoms with E-state index in [2.05, 4.69) is 42.2 Å². The Morgan fingerprint density at radius 2 is 1.65 bits per heavy atom. The first-order chi connectivity index (χ1) is 9.66. The number of hydrogen-bond donors (Lipinski definition) is 2. The topological polar surface area (TPSA) is 50.9 Å².